The van der Waals surface area contributed by atoms with Crippen molar-refractivity contribution in [3.05, 3.63) is 76.2 Å². The van der Waals surface area contributed by atoms with Crippen LogP contribution in [0.1, 0.15) is 16.3 Å². The quantitative estimate of drug-likeness (QED) is 0.642. The zero-order valence-electron chi connectivity index (χ0n) is 15.5. The molecule has 0 spiro atoms. The minimum absolute atomic E-state index is 0.0744. The Kier molecular flexibility index (Phi) is 6.57. The van der Waals surface area contributed by atoms with Crippen molar-refractivity contribution in [1.29, 1.82) is 0 Å². The summed E-state index contributed by atoms with van der Waals surface area (Å²) in [6, 6.07) is 17.4. The first-order valence-electron chi connectivity index (χ1n) is 8.73. The third-order valence-electron chi connectivity index (χ3n) is 3.78. The first-order chi connectivity index (χ1) is 13.1. The number of anilines is 1. The molecule has 3 aromatic rings. The summed E-state index contributed by atoms with van der Waals surface area (Å²) in [7, 11) is 4.00. The fourth-order valence-electron chi connectivity index (χ4n) is 2.52. The van der Waals surface area contributed by atoms with Gasteiger partial charge in [-0.1, -0.05) is 30.3 Å². The largest absolute Gasteiger partial charge is 0.489 e. The van der Waals surface area contributed by atoms with Crippen molar-refractivity contribution in [2.75, 3.05) is 19.4 Å². The highest BCUT2D eigenvalue weighted by Gasteiger charge is 2.09. The smallest absolute Gasteiger partial charge is 0.230 e. The van der Waals surface area contributed by atoms with Gasteiger partial charge in [-0.2, -0.15) is 0 Å². The van der Waals surface area contributed by atoms with Gasteiger partial charge in [0.05, 0.1) is 12.1 Å². The Bertz CT molecular complexity index is 861. The Morgan fingerprint density at radius 3 is 2.56 bits per heavy atom. The Morgan fingerprint density at radius 2 is 1.85 bits per heavy atom. The van der Waals surface area contributed by atoms with Crippen LogP contribution >= 0.6 is 11.3 Å². The molecular formula is C21H23N3O2S. The van der Waals surface area contributed by atoms with Crippen LogP contribution in [0.3, 0.4) is 0 Å². The fourth-order valence-corrected chi connectivity index (χ4v) is 3.43. The van der Waals surface area contributed by atoms with Crippen LogP contribution in [0.15, 0.2) is 60.0 Å². The third-order valence-corrected chi connectivity index (χ3v) is 4.66. The number of benzene rings is 2. The van der Waals surface area contributed by atoms with Gasteiger partial charge in [0.1, 0.15) is 17.4 Å². The molecule has 2 aromatic carbocycles. The molecule has 27 heavy (non-hydrogen) atoms. The lowest BCUT2D eigenvalue weighted by Gasteiger charge is -2.08. The molecule has 0 atom stereocenters. The zero-order chi connectivity index (χ0) is 19.1. The Hall–Kier alpha value is -2.70. The molecule has 140 valence electrons. The van der Waals surface area contributed by atoms with Gasteiger partial charge in [-0.25, -0.2) is 4.98 Å². The lowest BCUT2D eigenvalue weighted by molar-refractivity contribution is -0.115. The van der Waals surface area contributed by atoms with E-state index in [-0.39, 0.29) is 12.3 Å². The Morgan fingerprint density at radius 1 is 1.11 bits per heavy atom. The number of nitrogens with zero attached hydrogens (tertiary/aromatic N) is 2. The van der Waals surface area contributed by atoms with Gasteiger partial charge in [-0.05, 0) is 43.9 Å². The molecule has 1 amide bonds. The number of nitrogens with one attached hydrogen (secondary N) is 1. The molecule has 0 bridgehead atoms. The van der Waals surface area contributed by atoms with E-state index < -0.39 is 0 Å². The molecule has 0 saturated heterocycles. The number of thiazole rings is 1. The monoisotopic (exact) mass is 381 g/mol. The third kappa shape index (κ3) is 6.20. The van der Waals surface area contributed by atoms with Crippen molar-refractivity contribution in [1.82, 2.24) is 9.88 Å². The summed E-state index contributed by atoms with van der Waals surface area (Å²) in [4.78, 5) is 18.8. The lowest BCUT2D eigenvalue weighted by Crippen LogP contribution is -2.15. The summed E-state index contributed by atoms with van der Waals surface area (Å²) >= 11 is 1.58. The van der Waals surface area contributed by atoms with Gasteiger partial charge in [0, 0.05) is 17.6 Å². The summed E-state index contributed by atoms with van der Waals surface area (Å²) in [5.41, 5.74) is 2.67. The molecule has 6 heteroatoms. The van der Waals surface area contributed by atoms with Crippen LogP contribution in [-0.2, 0) is 24.4 Å². The van der Waals surface area contributed by atoms with E-state index >= 15 is 0 Å². The van der Waals surface area contributed by atoms with E-state index in [2.05, 4.69) is 15.2 Å². The molecule has 1 N–H and O–H groups in total. The molecule has 0 aliphatic carbocycles. The standard InChI is InChI=1S/C21H23N3O2S/c1-24(2)13-21-23-18(15-27-21)12-20(25)22-17-8-10-19(11-9-17)26-14-16-6-4-3-5-7-16/h3-11,15H,12-14H2,1-2H3,(H,22,25). The molecule has 0 saturated carbocycles. The van der Waals surface area contributed by atoms with E-state index in [4.69, 9.17) is 4.74 Å². The normalized spacial score (nSPS) is 10.8. The minimum Gasteiger partial charge on any atom is -0.489 e. The van der Waals surface area contributed by atoms with Gasteiger partial charge in [0.25, 0.3) is 0 Å². The van der Waals surface area contributed by atoms with E-state index in [1.165, 1.54) is 0 Å². The molecular weight excluding hydrogens is 358 g/mol. The lowest BCUT2D eigenvalue weighted by atomic mass is 10.2. The average Bonchev–Trinajstić information content (AvgIpc) is 3.08. The summed E-state index contributed by atoms with van der Waals surface area (Å²) < 4.78 is 5.76. The molecule has 1 aromatic heterocycles. The van der Waals surface area contributed by atoms with Gasteiger partial charge in [0.2, 0.25) is 5.91 Å². The molecule has 0 fully saturated rings. The average molecular weight is 382 g/mol. The summed E-state index contributed by atoms with van der Waals surface area (Å²) in [6.45, 7) is 1.31. The molecule has 5 nitrogen and oxygen atoms in total. The van der Waals surface area contributed by atoms with Crippen LogP contribution < -0.4 is 10.1 Å². The van der Waals surface area contributed by atoms with Crippen molar-refractivity contribution in [2.45, 2.75) is 19.6 Å². The number of carbonyl (C=O) groups is 1. The van der Waals surface area contributed by atoms with E-state index in [0.717, 1.165) is 34.2 Å². The topological polar surface area (TPSA) is 54.5 Å². The number of rotatable bonds is 8. The van der Waals surface area contributed by atoms with Gasteiger partial charge in [0.15, 0.2) is 0 Å². The van der Waals surface area contributed by atoms with Crippen LogP contribution in [0.4, 0.5) is 5.69 Å². The van der Waals surface area contributed by atoms with E-state index in [0.29, 0.717) is 6.61 Å². The van der Waals surface area contributed by atoms with Crippen LogP contribution in [0.2, 0.25) is 0 Å². The van der Waals surface area contributed by atoms with Gasteiger partial charge in [-0.15, -0.1) is 11.3 Å². The molecule has 0 aliphatic heterocycles. The first-order valence-corrected chi connectivity index (χ1v) is 9.61. The number of hydrogen-bond donors (Lipinski definition) is 1. The zero-order valence-corrected chi connectivity index (χ0v) is 16.3. The van der Waals surface area contributed by atoms with Crippen molar-refractivity contribution in [3.63, 3.8) is 0 Å². The van der Waals surface area contributed by atoms with Crippen molar-refractivity contribution in [2.24, 2.45) is 0 Å². The van der Waals surface area contributed by atoms with E-state index in [9.17, 15) is 4.79 Å². The maximum atomic E-state index is 12.2. The fraction of sp³-hybridized carbons (Fsp3) is 0.238. The Labute approximate surface area is 163 Å². The molecule has 3 rings (SSSR count). The predicted molar refractivity (Wildman–Crippen MR) is 109 cm³/mol. The minimum atomic E-state index is -0.0744. The maximum absolute atomic E-state index is 12.2. The van der Waals surface area contributed by atoms with Crippen LogP contribution in [0.25, 0.3) is 0 Å². The predicted octanol–water partition coefficient (Wildman–Crippen LogP) is 3.96. The summed E-state index contributed by atoms with van der Waals surface area (Å²) in [5, 5.41) is 5.86. The highest BCUT2D eigenvalue weighted by atomic mass is 32.1. The SMILES string of the molecule is CN(C)Cc1nc(CC(=O)Nc2ccc(OCc3ccccc3)cc2)cs1. The van der Waals surface area contributed by atoms with E-state index in [1.807, 2.05) is 74.1 Å². The number of amides is 1. The second-order valence-corrected chi connectivity index (χ2v) is 7.44. The number of aromatic nitrogens is 1. The molecule has 1 heterocycles. The molecule has 0 aliphatic rings. The highest BCUT2D eigenvalue weighted by molar-refractivity contribution is 7.09. The Balaban J connectivity index is 1.48. The van der Waals surface area contributed by atoms with Gasteiger partial charge >= 0.3 is 0 Å². The van der Waals surface area contributed by atoms with Crippen molar-refractivity contribution in [3.8, 4) is 5.75 Å². The van der Waals surface area contributed by atoms with Crippen molar-refractivity contribution < 1.29 is 9.53 Å². The van der Waals surface area contributed by atoms with Crippen molar-refractivity contribution >= 4 is 22.9 Å². The van der Waals surface area contributed by atoms with E-state index in [1.54, 1.807) is 11.3 Å². The van der Waals surface area contributed by atoms with Crippen LogP contribution in [-0.4, -0.2) is 29.9 Å². The van der Waals surface area contributed by atoms with Crippen LogP contribution in [0, 0.1) is 0 Å². The molecule has 0 radical (unpaired) electrons. The second-order valence-electron chi connectivity index (χ2n) is 6.49. The first kappa shape index (κ1) is 19.1. The number of hydrogen-bond acceptors (Lipinski definition) is 5. The van der Waals surface area contributed by atoms with Gasteiger partial charge < -0.3 is 15.0 Å². The maximum Gasteiger partial charge on any atom is 0.230 e. The number of ether oxygens (including phenoxy) is 1. The van der Waals surface area contributed by atoms with Crippen LogP contribution in [0.5, 0.6) is 5.75 Å². The summed E-state index contributed by atoms with van der Waals surface area (Å²) in [6.07, 6.45) is 0.274. The van der Waals surface area contributed by atoms with Gasteiger partial charge in [-0.3, -0.25) is 4.79 Å². The molecule has 0 unspecified atom stereocenters. The number of carbonyl (C=O) groups excluding carboxylic acids is 1. The second kappa shape index (κ2) is 9.30. The highest BCUT2D eigenvalue weighted by Crippen LogP contribution is 2.18. The summed E-state index contributed by atoms with van der Waals surface area (Å²) in [5.74, 6) is 0.694.